The number of nitrogens with zero attached hydrogens (tertiary/aromatic N) is 2. The molecule has 0 aliphatic heterocycles. The zero-order chi connectivity index (χ0) is 18.2. The van der Waals surface area contributed by atoms with Gasteiger partial charge >= 0.3 is 0 Å². The molecule has 0 bridgehead atoms. The van der Waals surface area contributed by atoms with Crippen LogP contribution >= 0.6 is 23.1 Å². The fourth-order valence-electron chi connectivity index (χ4n) is 2.55. The lowest BCUT2D eigenvalue weighted by atomic mass is 10.1. The number of carbonyl (C=O) groups excluding carboxylic acids is 1. The molecule has 0 saturated heterocycles. The number of anilines is 1. The number of amides is 1. The first-order valence-corrected chi connectivity index (χ1v) is 10.6. The molecular weight excluding hydrogens is 356 g/mol. The zero-order valence-electron chi connectivity index (χ0n) is 15.2. The Kier molecular flexibility index (Phi) is 7.92. The maximum Gasteiger partial charge on any atom is 0.261 e. The number of aromatic nitrogens is 2. The standard InChI is InChI=1S/C17H26N4O2S2/c1-5-12(9-23-3)21-15-13-11(2)14(25-17(13)20-10-19-15)16(22)18-7-6-8-24-4/h10,12H,5-9H2,1-4H3,(H,18,22)(H,19,20,21). The minimum absolute atomic E-state index is 0.0310. The van der Waals surface area contributed by atoms with Gasteiger partial charge in [0.15, 0.2) is 0 Å². The maximum absolute atomic E-state index is 12.5. The van der Waals surface area contributed by atoms with Gasteiger partial charge in [-0.05, 0) is 37.3 Å². The van der Waals surface area contributed by atoms with Gasteiger partial charge in [-0.25, -0.2) is 9.97 Å². The molecule has 0 aliphatic carbocycles. The summed E-state index contributed by atoms with van der Waals surface area (Å²) in [4.78, 5) is 22.8. The highest BCUT2D eigenvalue weighted by Crippen LogP contribution is 2.33. The molecule has 25 heavy (non-hydrogen) atoms. The van der Waals surface area contributed by atoms with E-state index in [4.69, 9.17) is 4.74 Å². The van der Waals surface area contributed by atoms with Crippen molar-refractivity contribution >= 4 is 45.0 Å². The number of carbonyl (C=O) groups is 1. The van der Waals surface area contributed by atoms with Crippen LogP contribution in [0.2, 0.25) is 0 Å². The third kappa shape index (κ3) is 5.05. The Morgan fingerprint density at radius 2 is 2.24 bits per heavy atom. The number of hydrogen-bond acceptors (Lipinski definition) is 7. The lowest BCUT2D eigenvalue weighted by Crippen LogP contribution is -2.25. The molecule has 2 N–H and O–H groups in total. The number of thioether (sulfide) groups is 1. The van der Waals surface area contributed by atoms with Crippen molar-refractivity contribution in [3.05, 3.63) is 16.8 Å². The molecule has 6 nitrogen and oxygen atoms in total. The summed E-state index contributed by atoms with van der Waals surface area (Å²) in [5.41, 5.74) is 0.928. The predicted octanol–water partition coefficient (Wildman–Crippen LogP) is 3.32. The molecular formula is C17H26N4O2S2. The van der Waals surface area contributed by atoms with Gasteiger partial charge in [-0.2, -0.15) is 11.8 Å². The lowest BCUT2D eigenvalue weighted by molar-refractivity contribution is 0.0957. The second-order valence-electron chi connectivity index (χ2n) is 5.77. The molecule has 0 saturated carbocycles. The number of aryl methyl sites for hydroxylation is 1. The predicted molar refractivity (Wildman–Crippen MR) is 107 cm³/mol. The number of nitrogens with one attached hydrogen (secondary N) is 2. The van der Waals surface area contributed by atoms with E-state index in [1.807, 2.05) is 6.92 Å². The first-order valence-electron chi connectivity index (χ1n) is 8.39. The largest absolute Gasteiger partial charge is 0.383 e. The van der Waals surface area contributed by atoms with Crippen LogP contribution in [-0.2, 0) is 4.74 Å². The van der Waals surface area contributed by atoms with Gasteiger partial charge in [0.05, 0.1) is 22.9 Å². The van der Waals surface area contributed by atoms with E-state index in [9.17, 15) is 4.79 Å². The molecule has 2 aromatic heterocycles. The summed E-state index contributed by atoms with van der Waals surface area (Å²) in [6, 6.07) is 0.172. The van der Waals surface area contributed by atoms with Gasteiger partial charge in [-0.1, -0.05) is 6.92 Å². The van der Waals surface area contributed by atoms with Gasteiger partial charge in [0.1, 0.15) is 17.0 Å². The van der Waals surface area contributed by atoms with Crippen LogP contribution in [0.5, 0.6) is 0 Å². The Morgan fingerprint density at radius 3 is 2.92 bits per heavy atom. The topological polar surface area (TPSA) is 76.1 Å². The summed E-state index contributed by atoms with van der Waals surface area (Å²) in [5.74, 6) is 1.78. The normalized spacial score (nSPS) is 12.3. The van der Waals surface area contributed by atoms with Gasteiger partial charge in [-0.3, -0.25) is 4.79 Å². The Hall–Kier alpha value is -1.38. The number of methoxy groups -OCH3 is 1. The number of thiophene rings is 1. The maximum atomic E-state index is 12.5. The summed E-state index contributed by atoms with van der Waals surface area (Å²) in [6.07, 6.45) is 5.50. The molecule has 2 aromatic rings. The molecule has 2 heterocycles. The van der Waals surface area contributed by atoms with E-state index in [0.717, 1.165) is 40.2 Å². The van der Waals surface area contributed by atoms with E-state index in [2.05, 4.69) is 33.8 Å². The molecule has 138 valence electrons. The van der Waals surface area contributed by atoms with Crippen LogP contribution in [-0.4, -0.2) is 54.2 Å². The number of rotatable bonds is 10. The number of fused-ring (bicyclic) bond motifs is 1. The quantitative estimate of drug-likeness (QED) is 0.614. The highest BCUT2D eigenvalue weighted by Gasteiger charge is 2.20. The molecule has 0 radical (unpaired) electrons. The third-order valence-corrected chi connectivity index (χ3v) is 5.84. The van der Waals surface area contributed by atoms with Crippen molar-refractivity contribution in [2.45, 2.75) is 32.7 Å². The average Bonchev–Trinajstić information content (AvgIpc) is 2.96. The first-order chi connectivity index (χ1) is 12.1. The minimum Gasteiger partial charge on any atom is -0.383 e. The summed E-state index contributed by atoms with van der Waals surface area (Å²) in [5, 5.41) is 7.35. The Morgan fingerprint density at radius 1 is 1.44 bits per heavy atom. The monoisotopic (exact) mass is 382 g/mol. The molecule has 0 fully saturated rings. The van der Waals surface area contributed by atoms with Crippen molar-refractivity contribution in [3.63, 3.8) is 0 Å². The van der Waals surface area contributed by atoms with Gasteiger partial charge < -0.3 is 15.4 Å². The van der Waals surface area contributed by atoms with E-state index < -0.39 is 0 Å². The molecule has 8 heteroatoms. The lowest BCUT2D eigenvalue weighted by Gasteiger charge is -2.17. The van der Waals surface area contributed by atoms with Gasteiger partial charge in [-0.15, -0.1) is 11.3 Å². The summed E-state index contributed by atoms with van der Waals surface area (Å²) in [6.45, 7) is 5.36. The SMILES string of the molecule is CCC(COC)Nc1ncnc2sc(C(=O)NCCCSC)c(C)c12. The van der Waals surface area contributed by atoms with Crippen molar-refractivity contribution < 1.29 is 9.53 Å². The Bertz CT molecular complexity index is 705. The van der Waals surface area contributed by atoms with E-state index in [-0.39, 0.29) is 11.9 Å². The molecule has 1 amide bonds. The summed E-state index contributed by atoms with van der Waals surface area (Å²) in [7, 11) is 1.69. The number of ether oxygens (including phenoxy) is 1. The highest BCUT2D eigenvalue weighted by molar-refractivity contribution is 7.98. The molecule has 0 spiro atoms. The van der Waals surface area contributed by atoms with Crippen molar-refractivity contribution in [1.29, 1.82) is 0 Å². The molecule has 1 unspecified atom stereocenters. The van der Waals surface area contributed by atoms with E-state index >= 15 is 0 Å². The van der Waals surface area contributed by atoms with Crippen LogP contribution < -0.4 is 10.6 Å². The van der Waals surface area contributed by atoms with Gasteiger partial charge in [0.25, 0.3) is 5.91 Å². The summed E-state index contributed by atoms with van der Waals surface area (Å²) < 4.78 is 5.25. The van der Waals surface area contributed by atoms with Crippen LogP contribution in [0.15, 0.2) is 6.33 Å². The zero-order valence-corrected chi connectivity index (χ0v) is 16.9. The third-order valence-electron chi connectivity index (χ3n) is 3.95. The van der Waals surface area contributed by atoms with Crippen LogP contribution in [0, 0.1) is 6.92 Å². The highest BCUT2D eigenvalue weighted by atomic mass is 32.2. The fraction of sp³-hybridized carbons (Fsp3) is 0.588. The van der Waals surface area contributed by atoms with E-state index in [0.29, 0.717) is 18.0 Å². The second-order valence-corrected chi connectivity index (χ2v) is 7.75. The van der Waals surface area contributed by atoms with Gasteiger partial charge in [0.2, 0.25) is 0 Å². The van der Waals surface area contributed by atoms with E-state index in [1.54, 1.807) is 25.2 Å². The molecule has 2 rings (SSSR count). The van der Waals surface area contributed by atoms with Crippen LogP contribution in [0.4, 0.5) is 5.82 Å². The first kappa shape index (κ1) is 19.9. The Balaban J connectivity index is 2.23. The number of hydrogen-bond donors (Lipinski definition) is 2. The smallest absolute Gasteiger partial charge is 0.261 e. The van der Waals surface area contributed by atoms with Crippen LogP contribution in [0.3, 0.4) is 0 Å². The Labute approximate surface area is 157 Å². The van der Waals surface area contributed by atoms with Crippen LogP contribution in [0.25, 0.3) is 10.2 Å². The molecule has 0 aliphatic rings. The van der Waals surface area contributed by atoms with Crippen molar-refractivity contribution in [3.8, 4) is 0 Å². The second kappa shape index (κ2) is 9.94. The van der Waals surface area contributed by atoms with Crippen LogP contribution in [0.1, 0.15) is 35.0 Å². The van der Waals surface area contributed by atoms with Gasteiger partial charge in [0, 0.05) is 13.7 Å². The molecule has 1 atom stereocenters. The molecule has 0 aromatic carbocycles. The summed E-state index contributed by atoms with van der Waals surface area (Å²) >= 11 is 3.20. The minimum atomic E-state index is -0.0310. The van der Waals surface area contributed by atoms with E-state index in [1.165, 1.54) is 11.3 Å². The van der Waals surface area contributed by atoms with Crippen molar-refractivity contribution in [2.75, 3.05) is 37.6 Å². The van der Waals surface area contributed by atoms with Crippen molar-refractivity contribution in [2.24, 2.45) is 0 Å². The fourth-order valence-corrected chi connectivity index (χ4v) is 4.05. The van der Waals surface area contributed by atoms with Crippen molar-refractivity contribution in [1.82, 2.24) is 15.3 Å². The average molecular weight is 383 g/mol.